The number of fused-ring (bicyclic) bond motifs is 1. The molecule has 1 N–H and O–H groups in total. The van der Waals surface area contributed by atoms with E-state index in [4.69, 9.17) is 5.11 Å². The van der Waals surface area contributed by atoms with Crippen LogP contribution in [0.1, 0.15) is 25.3 Å². The topological polar surface area (TPSA) is 50.9 Å². The molecule has 0 unspecified atom stereocenters. The van der Waals surface area contributed by atoms with Gasteiger partial charge < -0.3 is 9.67 Å². The Morgan fingerprint density at radius 1 is 1.44 bits per heavy atom. The predicted molar refractivity (Wildman–Crippen MR) is 61.0 cm³/mol. The van der Waals surface area contributed by atoms with Crippen molar-refractivity contribution in [2.45, 2.75) is 25.3 Å². The minimum absolute atomic E-state index is 0.310. The van der Waals surface area contributed by atoms with E-state index in [1.165, 1.54) is 0 Å². The fourth-order valence-electron chi connectivity index (χ4n) is 2.66. The lowest BCUT2D eigenvalue weighted by Gasteiger charge is -2.13. The van der Waals surface area contributed by atoms with Gasteiger partial charge in [0.25, 0.3) is 0 Å². The van der Waals surface area contributed by atoms with Crippen molar-refractivity contribution in [1.82, 2.24) is 14.5 Å². The van der Waals surface area contributed by atoms with E-state index in [1.54, 1.807) is 6.33 Å². The molecule has 0 radical (unpaired) electrons. The Labute approximate surface area is 93.9 Å². The van der Waals surface area contributed by atoms with Crippen LogP contribution in [0.25, 0.3) is 11.0 Å². The van der Waals surface area contributed by atoms with E-state index in [1.807, 2.05) is 6.20 Å². The zero-order valence-electron chi connectivity index (χ0n) is 9.08. The van der Waals surface area contributed by atoms with Gasteiger partial charge in [0, 0.05) is 30.4 Å². The Balaban J connectivity index is 1.95. The monoisotopic (exact) mass is 217 g/mol. The second-order valence-electron chi connectivity index (χ2n) is 4.54. The second-order valence-corrected chi connectivity index (χ2v) is 4.54. The highest BCUT2D eigenvalue weighted by molar-refractivity contribution is 5.74. The summed E-state index contributed by atoms with van der Waals surface area (Å²) in [5, 5.41) is 10.3. The summed E-state index contributed by atoms with van der Waals surface area (Å²) in [6, 6.07) is 2.55. The van der Waals surface area contributed by atoms with Gasteiger partial charge in [-0.25, -0.2) is 9.97 Å². The average molecular weight is 217 g/mol. The summed E-state index contributed by atoms with van der Waals surface area (Å²) in [7, 11) is 0. The molecule has 3 rings (SSSR count). The first-order valence-corrected chi connectivity index (χ1v) is 5.76. The van der Waals surface area contributed by atoms with Crippen LogP contribution in [0.5, 0.6) is 0 Å². The minimum atomic E-state index is 0.310. The molecule has 0 aromatic carbocycles. The maximum Gasteiger partial charge on any atom is 0.143 e. The maximum atomic E-state index is 9.16. The Morgan fingerprint density at radius 2 is 2.38 bits per heavy atom. The fraction of sp³-hybridized carbons (Fsp3) is 0.500. The first-order valence-electron chi connectivity index (χ1n) is 5.76. The van der Waals surface area contributed by atoms with Crippen LogP contribution < -0.4 is 0 Å². The van der Waals surface area contributed by atoms with Gasteiger partial charge in [-0.1, -0.05) is 0 Å². The molecule has 4 heteroatoms. The van der Waals surface area contributed by atoms with E-state index in [0.717, 1.165) is 30.3 Å². The zero-order chi connectivity index (χ0) is 11.0. The highest BCUT2D eigenvalue weighted by Crippen LogP contribution is 2.35. The summed E-state index contributed by atoms with van der Waals surface area (Å²) in [6.07, 6.45) is 8.84. The highest BCUT2D eigenvalue weighted by Gasteiger charge is 2.26. The standard InChI is InChI=1S/C12H15N3O/c16-7-9-1-2-11(5-9)15-4-3-10-6-13-8-14-12(10)15/h3-4,6,8-9,11,16H,1-2,5,7H2/t9-,11+/m1/s1. The Kier molecular flexibility index (Phi) is 2.36. The number of aliphatic hydroxyl groups is 1. The van der Waals surface area contributed by atoms with Crippen LogP contribution in [-0.4, -0.2) is 26.2 Å². The first kappa shape index (κ1) is 9.78. The average Bonchev–Trinajstić information content (AvgIpc) is 2.94. The van der Waals surface area contributed by atoms with Crippen LogP contribution in [0.3, 0.4) is 0 Å². The Bertz CT molecular complexity index is 494. The summed E-state index contributed by atoms with van der Waals surface area (Å²) in [5.41, 5.74) is 1.01. The van der Waals surface area contributed by atoms with Crippen LogP contribution in [-0.2, 0) is 0 Å². The van der Waals surface area contributed by atoms with Crippen molar-refractivity contribution in [2.24, 2.45) is 5.92 Å². The smallest absolute Gasteiger partial charge is 0.143 e. The molecule has 16 heavy (non-hydrogen) atoms. The second kappa shape index (κ2) is 3.87. The van der Waals surface area contributed by atoms with Gasteiger partial charge in [-0.3, -0.25) is 0 Å². The van der Waals surface area contributed by atoms with Crippen molar-refractivity contribution in [2.75, 3.05) is 6.61 Å². The summed E-state index contributed by atoms with van der Waals surface area (Å²) in [5.74, 6) is 0.462. The minimum Gasteiger partial charge on any atom is -0.396 e. The number of aromatic nitrogens is 3. The molecular weight excluding hydrogens is 202 g/mol. The predicted octanol–water partition coefficient (Wildman–Crippen LogP) is 1.76. The van der Waals surface area contributed by atoms with Crippen molar-refractivity contribution >= 4 is 11.0 Å². The molecule has 1 aliphatic rings. The number of nitrogens with zero attached hydrogens (tertiary/aromatic N) is 3. The Hall–Kier alpha value is -1.42. The molecule has 4 nitrogen and oxygen atoms in total. The van der Waals surface area contributed by atoms with Crippen molar-refractivity contribution in [3.8, 4) is 0 Å². The van der Waals surface area contributed by atoms with Gasteiger partial charge in [0.2, 0.25) is 0 Å². The first-order chi connectivity index (χ1) is 7.88. The normalized spacial score (nSPS) is 25.3. The van der Waals surface area contributed by atoms with E-state index in [9.17, 15) is 0 Å². The van der Waals surface area contributed by atoms with Gasteiger partial charge in [0.05, 0.1) is 0 Å². The van der Waals surface area contributed by atoms with Gasteiger partial charge in [-0.05, 0) is 31.2 Å². The van der Waals surface area contributed by atoms with Crippen LogP contribution in [0.4, 0.5) is 0 Å². The molecule has 0 spiro atoms. The summed E-state index contributed by atoms with van der Waals surface area (Å²) < 4.78 is 2.23. The van der Waals surface area contributed by atoms with Crippen molar-refractivity contribution in [3.05, 3.63) is 24.8 Å². The van der Waals surface area contributed by atoms with E-state index in [-0.39, 0.29) is 0 Å². The molecule has 2 aromatic rings. The zero-order valence-corrected chi connectivity index (χ0v) is 9.08. The van der Waals surface area contributed by atoms with Crippen molar-refractivity contribution < 1.29 is 5.11 Å². The maximum absolute atomic E-state index is 9.16. The third-order valence-corrected chi connectivity index (χ3v) is 3.54. The molecule has 0 amide bonds. The molecule has 1 aliphatic carbocycles. The van der Waals surface area contributed by atoms with Gasteiger partial charge in [-0.2, -0.15) is 0 Å². The van der Waals surface area contributed by atoms with E-state index >= 15 is 0 Å². The number of hydrogen-bond donors (Lipinski definition) is 1. The van der Waals surface area contributed by atoms with Crippen LogP contribution >= 0.6 is 0 Å². The van der Waals surface area contributed by atoms with Crippen LogP contribution in [0.15, 0.2) is 24.8 Å². The van der Waals surface area contributed by atoms with Gasteiger partial charge in [0.1, 0.15) is 12.0 Å². The SMILES string of the molecule is OC[C@@H]1CC[C@H](n2ccc3cncnc32)C1. The number of aliphatic hydroxyl groups excluding tert-OH is 1. The lowest BCUT2D eigenvalue weighted by Crippen LogP contribution is -2.06. The molecule has 1 saturated carbocycles. The third kappa shape index (κ3) is 1.50. The van der Waals surface area contributed by atoms with E-state index in [0.29, 0.717) is 18.6 Å². The quantitative estimate of drug-likeness (QED) is 0.834. The van der Waals surface area contributed by atoms with Crippen LogP contribution in [0, 0.1) is 5.92 Å². The lowest BCUT2D eigenvalue weighted by atomic mass is 10.1. The molecule has 0 saturated heterocycles. The van der Waals surface area contributed by atoms with Gasteiger partial charge in [0.15, 0.2) is 0 Å². The van der Waals surface area contributed by atoms with Crippen molar-refractivity contribution in [3.63, 3.8) is 0 Å². The molecule has 0 aliphatic heterocycles. The highest BCUT2D eigenvalue weighted by atomic mass is 16.3. The number of hydrogen-bond acceptors (Lipinski definition) is 3. The van der Waals surface area contributed by atoms with Crippen molar-refractivity contribution in [1.29, 1.82) is 0 Å². The Morgan fingerprint density at radius 3 is 3.19 bits per heavy atom. The summed E-state index contributed by atoms with van der Waals surface area (Å²) in [4.78, 5) is 8.35. The summed E-state index contributed by atoms with van der Waals surface area (Å²) in [6.45, 7) is 0.310. The summed E-state index contributed by atoms with van der Waals surface area (Å²) >= 11 is 0. The third-order valence-electron chi connectivity index (χ3n) is 3.54. The van der Waals surface area contributed by atoms with Gasteiger partial charge in [-0.15, -0.1) is 0 Å². The molecule has 0 bridgehead atoms. The molecule has 2 aromatic heterocycles. The molecule has 1 fully saturated rings. The van der Waals surface area contributed by atoms with E-state index < -0.39 is 0 Å². The van der Waals surface area contributed by atoms with Crippen LogP contribution in [0.2, 0.25) is 0 Å². The largest absolute Gasteiger partial charge is 0.396 e. The number of rotatable bonds is 2. The van der Waals surface area contributed by atoms with Gasteiger partial charge >= 0.3 is 0 Å². The fourth-order valence-corrected chi connectivity index (χ4v) is 2.66. The molecular formula is C12H15N3O. The molecule has 84 valence electrons. The van der Waals surface area contributed by atoms with E-state index in [2.05, 4.69) is 26.8 Å². The molecule has 2 atom stereocenters. The molecule has 2 heterocycles. The lowest BCUT2D eigenvalue weighted by molar-refractivity contribution is 0.226.